The molecule has 160 valence electrons. The van der Waals surface area contributed by atoms with Gasteiger partial charge in [0.25, 0.3) is 0 Å². The van der Waals surface area contributed by atoms with Gasteiger partial charge in [0, 0.05) is 31.9 Å². The van der Waals surface area contributed by atoms with Gasteiger partial charge in [0.2, 0.25) is 0 Å². The van der Waals surface area contributed by atoms with E-state index in [0.29, 0.717) is 13.2 Å². The molecule has 0 bridgehead atoms. The quantitative estimate of drug-likeness (QED) is 0.616. The summed E-state index contributed by atoms with van der Waals surface area (Å²) in [6, 6.07) is 13.2. The number of carbonyl (C=O) groups is 1. The summed E-state index contributed by atoms with van der Waals surface area (Å²) in [5.74, 6) is 0.265. The van der Waals surface area contributed by atoms with Crippen LogP contribution in [0.3, 0.4) is 0 Å². The summed E-state index contributed by atoms with van der Waals surface area (Å²) in [6.45, 7) is 3.15. The van der Waals surface area contributed by atoms with Crippen LogP contribution in [0.25, 0.3) is 0 Å². The van der Waals surface area contributed by atoms with Gasteiger partial charge in [0.05, 0.1) is 6.10 Å². The van der Waals surface area contributed by atoms with E-state index in [-0.39, 0.29) is 6.10 Å². The predicted octanol–water partition coefficient (Wildman–Crippen LogP) is 3.68. The Morgan fingerprint density at radius 2 is 2.10 bits per heavy atom. The average molecular weight is 410 g/mol. The van der Waals surface area contributed by atoms with Crippen LogP contribution in [0.5, 0.6) is 0 Å². The number of benzene rings is 1. The minimum atomic E-state index is -0.797. The summed E-state index contributed by atoms with van der Waals surface area (Å²) < 4.78 is 6.06. The maximum Gasteiger partial charge on any atom is 0.325 e. The second-order valence-corrected chi connectivity index (χ2v) is 8.23. The Morgan fingerprint density at radius 1 is 1.23 bits per heavy atom. The van der Waals surface area contributed by atoms with Crippen molar-refractivity contribution in [2.45, 2.75) is 50.7 Å². The lowest BCUT2D eigenvalue weighted by Crippen LogP contribution is -2.33. The van der Waals surface area contributed by atoms with Gasteiger partial charge < -0.3 is 15.2 Å². The van der Waals surface area contributed by atoms with Crippen molar-refractivity contribution in [3.63, 3.8) is 0 Å². The van der Waals surface area contributed by atoms with Gasteiger partial charge >= 0.3 is 5.97 Å². The van der Waals surface area contributed by atoms with E-state index in [9.17, 15) is 9.90 Å². The van der Waals surface area contributed by atoms with Crippen molar-refractivity contribution >= 4 is 11.8 Å². The van der Waals surface area contributed by atoms with Crippen molar-refractivity contribution < 1.29 is 14.6 Å². The molecule has 30 heavy (non-hydrogen) atoms. The molecule has 2 unspecified atom stereocenters. The Kier molecular flexibility index (Phi) is 6.97. The minimum Gasteiger partial charge on any atom is -0.480 e. The van der Waals surface area contributed by atoms with E-state index < -0.39 is 12.0 Å². The van der Waals surface area contributed by atoms with Gasteiger partial charge in [0.15, 0.2) is 0 Å². The number of unbranched alkanes of at least 4 members (excludes halogenated alkanes) is 1. The maximum atomic E-state index is 11.8. The van der Waals surface area contributed by atoms with Crippen molar-refractivity contribution in [1.82, 2.24) is 9.88 Å². The third kappa shape index (κ3) is 5.18. The zero-order valence-electron chi connectivity index (χ0n) is 17.4. The van der Waals surface area contributed by atoms with Gasteiger partial charge in [-0.15, -0.1) is 0 Å². The van der Waals surface area contributed by atoms with Crippen LogP contribution >= 0.6 is 0 Å². The standard InChI is InChI=1S/C24H31N3O3/c28-24(29)22(18-7-2-1-3-8-18)27-15-13-21(17-27)30-16-5-4-10-20-12-11-19-9-6-14-25-23(19)26-20/h1-3,7-8,11-12,21-22H,4-6,9-10,13-17H2,(H,25,26)(H,28,29). The average Bonchev–Trinajstić information content (AvgIpc) is 3.22. The van der Waals surface area contributed by atoms with Crippen LogP contribution in [0.15, 0.2) is 42.5 Å². The number of aromatic nitrogens is 1. The fourth-order valence-electron chi connectivity index (χ4n) is 4.44. The molecule has 2 atom stereocenters. The molecule has 0 saturated carbocycles. The summed E-state index contributed by atoms with van der Waals surface area (Å²) in [5, 5.41) is 13.1. The number of hydrogen-bond acceptors (Lipinski definition) is 5. The fourth-order valence-corrected chi connectivity index (χ4v) is 4.44. The summed E-state index contributed by atoms with van der Waals surface area (Å²) in [7, 11) is 0. The molecule has 4 rings (SSSR count). The molecule has 0 aliphatic carbocycles. The Hall–Kier alpha value is -2.44. The fraction of sp³-hybridized carbons (Fsp3) is 0.500. The van der Waals surface area contributed by atoms with Crippen molar-refractivity contribution in [3.05, 3.63) is 59.3 Å². The molecule has 2 aliphatic heterocycles. The lowest BCUT2D eigenvalue weighted by atomic mass is 10.1. The molecule has 1 fully saturated rings. The van der Waals surface area contributed by atoms with E-state index in [1.807, 2.05) is 35.2 Å². The highest BCUT2D eigenvalue weighted by Gasteiger charge is 2.33. The van der Waals surface area contributed by atoms with E-state index in [1.165, 1.54) is 12.0 Å². The Labute approximate surface area is 178 Å². The summed E-state index contributed by atoms with van der Waals surface area (Å²) in [6.07, 6.45) is 6.30. The number of carboxylic acids is 1. The highest BCUT2D eigenvalue weighted by atomic mass is 16.5. The molecule has 2 aliphatic rings. The van der Waals surface area contributed by atoms with Crippen molar-refractivity contribution in [2.24, 2.45) is 0 Å². The smallest absolute Gasteiger partial charge is 0.325 e. The lowest BCUT2D eigenvalue weighted by Gasteiger charge is -2.24. The van der Waals surface area contributed by atoms with Crippen LogP contribution in [0.1, 0.15) is 48.5 Å². The van der Waals surface area contributed by atoms with E-state index in [4.69, 9.17) is 9.72 Å². The number of carboxylic acid groups (broad SMARTS) is 1. The first-order chi connectivity index (χ1) is 14.7. The predicted molar refractivity (Wildman–Crippen MR) is 117 cm³/mol. The van der Waals surface area contributed by atoms with Crippen molar-refractivity contribution in [3.8, 4) is 0 Å². The van der Waals surface area contributed by atoms with Crippen LogP contribution < -0.4 is 5.32 Å². The van der Waals surface area contributed by atoms with Crippen LogP contribution in [0.4, 0.5) is 5.82 Å². The number of aliphatic carboxylic acids is 1. The number of fused-ring (bicyclic) bond motifs is 1. The van der Waals surface area contributed by atoms with Gasteiger partial charge in [0.1, 0.15) is 11.9 Å². The number of hydrogen-bond donors (Lipinski definition) is 2. The van der Waals surface area contributed by atoms with Crippen LogP contribution in [-0.2, 0) is 22.4 Å². The van der Waals surface area contributed by atoms with Gasteiger partial charge in [-0.25, -0.2) is 4.98 Å². The summed E-state index contributed by atoms with van der Waals surface area (Å²) >= 11 is 0. The second kappa shape index (κ2) is 10.0. The maximum absolute atomic E-state index is 11.8. The topological polar surface area (TPSA) is 74.7 Å². The van der Waals surface area contributed by atoms with Crippen molar-refractivity contribution in [1.29, 1.82) is 0 Å². The molecule has 0 amide bonds. The minimum absolute atomic E-state index is 0.113. The first kappa shape index (κ1) is 20.8. The number of nitrogens with one attached hydrogen (secondary N) is 1. The third-order valence-electron chi connectivity index (χ3n) is 6.02. The zero-order chi connectivity index (χ0) is 20.8. The van der Waals surface area contributed by atoms with E-state index in [0.717, 1.165) is 62.3 Å². The number of aryl methyl sites for hydroxylation is 2. The highest BCUT2D eigenvalue weighted by molar-refractivity contribution is 5.75. The van der Waals surface area contributed by atoms with Crippen LogP contribution in [0.2, 0.25) is 0 Å². The molecule has 2 aromatic rings. The summed E-state index contributed by atoms with van der Waals surface area (Å²) in [5.41, 5.74) is 3.30. The second-order valence-electron chi connectivity index (χ2n) is 8.23. The number of anilines is 1. The number of pyridine rings is 1. The molecule has 2 N–H and O–H groups in total. The molecule has 1 aromatic carbocycles. The largest absolute Gasteiger partial charge is 0.480 e. The first-order valence-corrected chi connectivity index (χ1v) is 11.1. The molecular weight excluding hydrogens is 378 g/mol. The van der Waals surface area contributed by atoms with E-state index in [1.54, 1.807) is 0 Å². The van der Waals surface area contributed by atoms with E-state index >= 15 is 0 Å². The van der Waals surface area contributed by atoms with E-state index in [2.05, 4.69) is 17.4 Å². The monoisotopic (exact) mass is 409 g/mol. The van der Waals surface area contributed by atoms with Crippen LogP contribution in [0, 0.1) is 0 Å². The number of likely N-dealkylation sites (tertiary alicyclic amines) is 1. The molecule has 0 radical (unpaired) electrons. The molecule has 3 heterocycles. The molecule has 6 heteroatoms. The Morgan fingerprint density at radius 3 is 2.93 bits per heavy atom. The molecule has 0 spiro atoms. The number of rotatable bonds is 9. The zero-order valence-corrected chi connectivity index (χ0v) is 17.4. The molecule has 1 saturated heterocycles. The molecular formula is C24H31N3O3. The Bertz CT molecular complexity index is 843. The normalized spacial score (nSPS) is 19.8. The van der Waals surface area contributed by atoms with Gasteiger partial charge in [-0.1, -0.05) is 36.4 Å². The Balaban J connectivity index is 1.19. The first-order valence-electron chi connectivity index (χ1n) is 11.1. The van der Waals surface area contributed by atoms with Crippen molar-refractivity contribution in [2.75, 3.05) is 31.6 Å². The molecule has 6 nitrogen and oxygen atoms in total. The van der Waals surface area contributed by atoms with Crippen LogP contribution in [-0.4, -0.2) is 53.3 Å². The SMILES string of the molecule is O=C(O)C(c1ccccc1)N1CCC(OCCCCc2ccc3c(n2)NCCC3)C1. The number of nitrogens with zero attached hydrogens (tertiary/aromatic N) is 2. The van der Waals surface area contributed by atoms with Gasteiger partial charge in [-0.2, -0.15) is 0 Å². The summed E-state index contributed by atoms with van der Waals surface area (Å²) in [4.78, 5) is 18.6. The number of ether oxygens (including phenoxy) is 1. The lowest BCUT2D eigenvalue weighted by molar-refractivity contribution is -0.143. The highest BCUT2D eigenvalue weighted by Crippen LogP contribution is 2.27. The van der Waals surface area contributed by atoms with Gasteiger partial charge in [-0.3, -0.25) is 9.69 Å². The third-order valence-corrected chi connectivity index (χ3v) is 6.02. The van der Waals surface area contributed by atoms with Gasteiger partial charge in [-0.05, 0) is 55.7 Å². The molecule has 1 aromatic heterocycles.